The van der Waals surface area contributed by atoms with E-state index in [0.29, 0.717) is 25.7 Å². The maximum Gasteiger partial charge on any atom is 0.240 e. The molecule has 10 heteroatoms. The van der Waals surface area contributed by atoms with Gasteiger partial charge in [-0.05, 0) is 55.7 Å². The van der Waals surface area contributed by atoms with E-state index in [9.17, 15) is 8.42 Å². The van der Waals surface area contributed by atoms with E-state index in [4.69, 9.17) is 9.47 Å². The van der Waals surface area contributed by atoms with Gasteiger partial charge in [-0.1, -0.05) is 12.1 Å². The number of hydrogen-bond acceptors (Lipinski definition) is 5. The molecule has 3 N–H and O–H groups in total. The maximum absolute atomic E-state index is 12.4. The zero-order valence-electron chi connectivity index (χ0n) is 18.1. The van der Waals surface area contributed by atoms with Gasteiger partial charge < -0.3 is 20.1 Å². The Morgan fingerprint density at radius 2 is 1.97 bits per heavy atom. The summed E-state index contributed by atoms with van der Waals surface area (Å²) in [6.07, 6.45) is 5.42. The molecule has 0 amide bonds. The minimum absolute atomic E-state index is 0. The van der Waals surface area contributed by atoms with Gasteiger partial charge >= 0.3 is 0 Å². The SMILES string of the molecule is CN=C(NCCCOCC1CC1)NCc1ccc(S(=O)(=O)NCC2CCCO2)cc1.I. The second-order valence-corrected chi connectivity index (χ2v) is 9.62. The molecule has 0 aromatic heterocycles. The number of rotatable bonds is 12. The highest BCUT2D eigenvalue weighted by Crippen LogP contribution is 2.28. The van der Waals surface area contributed by atoms with Crippen LogP contribution in [0.4, 0.5) is 0 Å². The average molecular weight is 567 g/mol. The van der Waals surface area contributed by atoms with Crippen LogP contribution in [-0.2, 0) is 26.0 Å². The van der Waals surface area contributed by atoms with Gasteiger partial charge in [0.25, 0.3) is 0 Å². The number of ether oxygens (including phenoxy) is 2. The Kier molecular flexibility index (Phi) is 11.5. The van der Waals surface area contributed by atoms with Gasteiger partial charge in [0, 0.05) is 46.5 Å². The molecule has 0 spiro atoms. The Bertz CT molecular complexity index is 779. The number of aliphatic imine (C=N–C) groups is 1. The lowest BCUT2D eigenvalue weighted by Crippen LogP contribution is -2.37. The Hall–Kier alpha value is -0.950. The molecule has 0 bridgehead atoms. The lowest BCUT2D eigenvalue weighted by molar-refractivity contribution is 0.114. The van der Waals surface area contributed by atoms with E-state index in [-0.39, 0.29) is 35.0 Å². The Balaban J connectivity index is 0.00000341. The van der Waals surface area contributed by atoms with Crippen molar-refractivity contribution in [1.82, 2.24) is 15.4 Å². The maximum atomic E-state index is 12.4. The zero-order valence-corrected chi connectivity index (χ0v) is 21.3. The van der Waals surface area contributed by atoms with Crippen molar-refractivity contribution in [3.63, 3.8) is 0 Å². The molecule has 8 nitrogen and oxygen atoms in total. The van der Waals surface area contributed by atoms with Crippen LogP contribution in [0, 0.1) is 5.92 Å². The van der Waals surface area contributed by atoms with Gasteiger partial charge in [0.2, 0.25) is 10.0 Å². The van der Waals surface area contributed by atoms with Crippen LogP contribution in [0.25, 0.3) is 0 Å². The summed E-state index contributed by atoms with van der Waals surface area (Å²) in [5.74, 6) is 1.51. The number of nitrogens with zero attached hydrogens (tertiary/aromatic N) is 1. The molecular formula is C21H35IN4O4S. The second-order valence-electron chi connectivity index (χ2n) is 7.86. The van der Waals surface area contributed by atoms with Crippen LogP contribution in [0.5, 0.6) is 0 Å². The molecule has 1 aliphatic heterocycles. The molecular weight excluding hydrogens is 531 g/mol. The lowest BCUT2D eigenvalue weighted by Gasteiger charge is -2.13. The first-order valence-corrected chi connectivity index (χ1v) is 12.3. The quantitative estimate of drug-likeness (QED) is 0.155. The minimum Gasteiger partial charge on any atom is -0.381 e. The van der Waals surface area contributed by atoms with Gasteiger partial charge in [0.05, 0.1) is 11.0 Å². The van der Waals surface area contributed by atoms with Gasteiger partial charge in [-0.2, -0.15) is 0 Å². The molecule has 176 valence electrons. The molecule has 2 fully saturated rings. The summed E-state index contributed by atoms with van der Waals surface area (Å²) in [4.78, 5) is 4.48. The third-order valence-electron chi connectivity index (χ3n) is 5.25. The summed E-state index contributed by atoms with van der Waals surface area (Å²) in [6, 6.07) is 6.88. The zero-order chi connectivity index (χ0) is 21.2. The van der Waals surface area contributed by atoms with Crippen LogP contribution in [0.1, 0.15) is 37.7 Å². The van der Waals surface area contributed by atoms with Gasteiger partial charge in [-0.25, -0.2) is 13.1 Å². The van der Waals surface area contributed by atoms with E-state index in [1.807, 2.05) is 12.1 Å². The number of guanidine groups is 1. The fraction of sp³-hybridized carbons (Fsp3) is 0.667. The number of benzene rings is 1. The molecule has 31 heavy (non-hydrogen) atoms. The first-order valence-electron chi connectivity index (χ1n) is 10.8. The molecule has 1 aliphatic carbocycles. The number of halogens is 1. The van der Waals surface area contributed by atoms with Crippen molar-refractivity contribution in [1.29, 1.82) is 0 Å². The van der Waals surface area contributed by atoms with E-state index in [1.54, 1.807) is 19.2 Å². The summed E-state index contributed by atoms with van der Waals surface area (Å²) < 4.78 is 38.6. The standard InChI is InChI=1S/C21H34N4O4S.HI/c1-22-21(23-11-3-12-28-16-18-5-6-18)24-14-17-7-9-20(10-8-17)30(26,27)25-15-19-4-2-13-29-19;/h7-10,18-19,25H,2-6,11-16H2,1H3,(H2,22,23,24);1H. The van der Waals surface area contributed by atoms with Crippen LogP contribution in [0.2, 0.25) is 0 Å². The number of nitrogens with one attached hydrogen (secondary N) is 3. The van der Waals surface area contributed by atoms with Crippen molar-refractivity contribution < 1.29 is 17.9 Å². The predicted molar refractivity (Wildman–Crippen MR) is 132 cm³/mol. The lowest BCUT2D eigenvalue weighted by atomic mass is 10.2. The number of hydrogen-bond donors (Lipinski definition) is 3. The number of sulfonamides is 1. The van der Waals surface area contributed by atoms with Gasteiger partial charge in [-0.15, -0.1) is 24.0 Å². The van der Waals surface area contributed by atoms with Crippen LogP contribution >= 0.6 is 24.0 Å². The topological polar surface area (TPSA) is 101 Å². The fourth-order valence-corrected chi connectivity index (χ4v) is 4.27. The summed E-state index contributed by atoms with van der Waals surface area (Å²) in [5.41, 5.74) is 0.976. The van der Waals surface area contributed by atoms with Crippen molar-refractivity contribution in [2.75, 3.05) is 40.0 Å². The van der Waals surface area contributed by atoms with Crippen LogP contribution in [0.15, 0.2) is 34.2 Å². The first-order chi connectivity index (χ1) is 14.6. The molecule has 1 saturated heterocycles. The van der Waals surface area contributed by atoms with Crippen LogP contribution in [-0.4, -0.2) is 60.4 Å². The molecule has 2 aliphatic rings. The highest BCUT2D eigenvalue weighted by molar-refractivity contribution is 14.0. The molecule has 3 rings (SSSR count). The molecule has 1 saturated carbocycles. The monoisotopic (exact) mass is 566 g/mol. The summed E-state index contributed by atoms with van der Waals surface area (Å²) >= 11 is 0. The van der Waals surface area contributed by atoms with E-state index in [1.165, 1.54) is 12.8 Å². The summed E-state index contributed by atoms with van der Waals surface area (Å²) in [7, 11) is -1.79. The van der Waals surface area contributed by atoms with Gasteiger partial charge in [0.1, 0.15) is 0 Å². The smallest absolute Gasteiger partial charge is 0.240 e. The third-order valence-corrected chi connectivity index (χ3v) is 6.69. The van der Waals surface area contributed by atoms with E-state index >= 15 is 0 Å². The molecule has 1 aromatic carbocycles. The molecule has 1 heterocycles. The van der Waals surface area contributed by atoms with Crippen molar-refractivity contribution in [2.45, 2.75) is 49.6 Å². The van der Waals surface area contributed by atoms with Crippen molar-refractivity contribution in [2.24, 2.45) is 10.9 Å². The highest BCUT2D eigenvalue weighted by Gasteiger charge is 2.21. The first kappa shape index (κ1) is 26.3. The average Bonchev–Trinajstić information content (AvgIpc) is 3.43. The van der Waals surface area contributed by atoms with Crippen molar-refractivity contribution in [3.8, 4) is 0 Å². The fourth-order valence-electron chi connectivity index (χ4n) is 3.20. The van der Waals surface area contributed by atoms with E-state index in [2.05, 4.69) is 20.3 Å². The Morgan fingerprint density at radius 1 is 1.19 bits per heavy atom. The molecule has 0 radical (unpaired) electrons. The largest absolute Gasteiger partial charge is 0.381 e. The second kappa shape index (κ2) is 13.6. The summed E-state index contributed by atoms with van der Waals surface area (Å²) in [5, 5.41) is 6.51. The Morgan fingerprint density at radius 3 is 2.61 bits per heavy atom. The van der Waals surface area contributed by atoms with Crippen LogP contribution < -0.4 is 15.4 Å². The third kappa shape index (κ3) is 9.60. The van der Waals surface area contributed by atoms with Crippen LogP contribution in [0.3, 0.4) is 0 Å². The predicted octanol–water partition coefficient (Wildman–Crippen LogP) is 2.24. The van der Waals surface area contributed by atoms with Gasteiger partial charge in [0.15, 0.2) is 5.96 Å². The summed E-state index contributed by atoms with van der Waals surface area (Å²) in [6.45, 7) is 4.03. The molecule has 1 unspecified atom stereocenters. The van der Waals surface area contributed by atoms with Crippen molar-refractivity contribution in [3.05, 3.63) is 29.8 Å². The molecule has 1 atom stereocenters. The Labute approximate surface area is 203 Å². The minimum atomic E-state index is -3.52. The molecule has 1 aromatic rings. The highest BCUT2D eigenvalue weighted by atomic mass is 127. The van der Waals surface area contributed by atoms with Crippen molar-refractivity contribution >= 4 is 40.0 Å². The van der Waals surface area contributed by atoms with E-state index < -0.39 is 10.0 Å². The van der Waals surface area contributed by atoms with E-state index in [0.717, 1.165) is 50.5 Å². The normalized spacial score (nSPS) is 19.1. The van der Waals surface area contributed by atoms with Gasteiger partial charge in [-0.3, -0.25) is 4.99 Å².